The van der Waals surface area contributed by atoms with E-state index in [4.69, 9.17) is 4.74 Å². The van der Waals surface area contributed by atoms with Crippen LogP contribution in [0.4, 0.5) is 13.2 Å². The predicted octanol–water partition coefficient (Wildman–Crippen LogP) is 3.07. The van der Waals surface area contributed by atoms with Gasteiger partial charge in [-0.05, 0) is 18.4 Å². The van der Waals surface area contributed by atoms with Gasteiger partial charge in [-0.2, -0.15) is 0 Å². The number of carbonyl (C=O) groups is 3. The van der Waals surface area contributed by atoms with Crippen molar-refractivity contribution in [3.05, 3.63) is 98.7 Å². The molecule has 3 amide bonds. The van der Waals surface area contributed by atoms with E-state index in [2.05, 4.69) is 10.6 Å². The molecular weight excluding hydrogens is 553 g/mol. The van der Waals surface area contributed by atoms with Crippen LogP contribution in [0.1, 0.15) is 57.3 Å². The van der Waals surface area contributed by atoms with Crippen LogP contribution in [0.25, 0.3) is 0 Å². The van der Waals surface area contributed by atoms with E-state index in [0.717, 1.165) is 5.56 Å². The second-order valence-electron chi connectivity index (χ2n) is 10.9. The molecule has 4 heterocycles. The van der Waals surface area contributed by atoms with Crippen molar-refractivity contribution in [1.29, 1.82) is 0 Å². The van der Waals surface area contributed by atoms with E-state index in [1.807, 2.05) is 6.07 Å². The van der Waals surface area contributed by atoms with Crippen LogP contribution in [0.15, 0.2) is 53.5 Å². The van der Waals surface area contributed by atoms with Crippen LogP contribution in [-0.2, 0) is 17.9 Å². The second-order valence-corrected chi connectivity index (χ2v) is 10.9. The standard InChI is InChI=1S/C30H27F3N4O5/c31-18-9-21(32)19(22(33)10-18)12-34-28(40)20-13-37-23-14-36(8-4-7-30(23)11-24(38)35-16-30)29(41)25(37)27(26(20)39)42-15-17-5-2-1-3-6-17/h1-3,5-6,9-10,13,23H,4,7-8,11-12,14-16H2,(H,34,40)(H,35,38)/t23-,30+/m1/s1. The molecule has 12 heteroatoms. The summed E-state index contributed by atoms with van der Waals surface area (Å²) in [5.41, 5.74) is -1.70. The number of nitrogens with one attached hydrogen (secondary N) is 2. The average Bonchev–Trinajstić information content (AvgIpc) is 3.25. The van der Waals surface area contributed by atoms with Crippen LogP contribution in [0.5, 0.6) is 5.75 Å². The third-order valence-electron chi connectivity index (χ3n) is 8.37. The Kier molecular flexibility index (Phi) is 6.99. The van der Waals surface area contributed by atoms with Gasteiger partial charge in [0.05, 0.1) is 6.04 Å². The van der Waals surface area contributed by atoms with E-state index in [-0.39, 0.29) is 36.9 Å². The highest BCUT2D eigenvalue weighted by Crippen LogP contribution is 2.47. The van der Waals surface area contributed by atoms with Gasteiger partial charge in [-0.3, -0.25) is 19.2 Å². The van der Waals surface area contributed by atoms with Crippen molar-refractivity contribution in [2.24, 2.45) is 5.41 Å². The lowest BCUT2D eigenvalue weighted by molar-refractivity contribution is -0.119. The summed E-state index contributed by atoms with van der Waals surface area (Å²) < 4.78 is 49.3. The van der Waals surface area contributed by atoms with Crippen LogP contribution in [-0.4, -0.2) is 46.8 Å². The normalized spacial score (nSPS) is 21.1. The highest BCUT2D eigenvalue weighted by atomic mass is 19.1. The van der Waals surface area contributed by atoms with Crippen LogP contribution < -0.4 is 20.8 Å². The number of benzene rings is 2. The SMILES string of the molecule is O=C1C[C@@]2(CCCN3C[C@H]2n2cc(C(=O)NCc4c(F)cc(F)cc4F)c(=O)c(OCc4ccccc4)c2C3=O)CN1. The van der Waals surface area contributed by atoms with Gasteiger partial charge in [0.15, 0.2) is 11.4 Å². The van der Waals surface area contributed by atoms with Gasteiger partial charge in [0.1, 0.15) is 29.6 Å². The summed E-state index contributed by atoms with van der Waals surface area (Å²) in [5, 5.41) is 5.23. The van der Waals surface area contributed by atoms with Crippen LogP contribution in [0.3, 0.4) is 0 Å². The third-order valence-corrected chi connectivity index (χ3v) is 8.37. The fourth-order valence-corrected chi connectivity index (χ4v) is 6.22. The molecular formula is C30H27F3N4O5. The van der Waals surface area contributed by atoms with E-state index in [1.54, 1.807) is 33.7 Å². The second kappa shape index (κ2) is 10.7. The predicted molar refractivity (Wildman–Crippen MR) is 143 cm³/mol. The molecule has 0 saturated carbocycles. The molecule has 2 N–H and O–H groups in total. The van der Waals surface area contributed by atoms with Crippen LogP contribution >= 0.6 is 0 Å². The number of fused-ring (bicyclic) bond motifs is 5. The lowest BCUT2D eigenvalue weighted by atomic mass is 9.75. The fraction of sp³-hybridized carbons (Fsp3) is 0.333. The van der Waals surface area contributed by atoms with Gasteiger partial charge in [0, 0.05) is 61.9 Å². The molecule has 2 atom stereocenters. The topological polar surface area (TPSA) is 110 Å². The first-order chi connectivity index (χ1) is 20.2. The Morgan fingerprint density at radius 3 is 2.52 bits per heavy atom. The van der Waals surface area contributed by atoms with Gasteiger partial charge in [-0.1, -0.05) is 30.3 Å². The molecule has 2 saturated heterocycles. The van der Waals surface area contributed by atoms with Gasteiger partial charge in [0.25, 0.3) is 11.8 Å². The summed E-state index contributed by atoms with van der Waals surface area (Å²) in [7, 11) is 0. The third kappa shape index (κ3) is 4.80. The Bertz CT molecular complexity index is 1640. The molecule has 2 aromatic carbocycles. The highest BCUT2D eigenvalue weighted by Gasteiger charge is 2.51. The largest absolute Gasteiger partial charge is 0.483 e. The van der Waals surface area contributed by atoms with E-state index in [0.29, 0.717) is 38.1 Å². The summed E-state index contributed by atoms with van der Waals surface area (Å²) in [4.78, 5) is 54.9. The molecule has 218 valence electrons. The molecule has 1 aromatic heterocycles. The zero-order valence-corrected chi connectivity index (χ0v) is 22.4. The maximum Gasteiger partial charge on any atom is 0.274 e. The van der Waals surface area contributed by atoms with Crippen LogP contribution in [0, 0.1) is 22.9 Å². The number of pyridine rings is 1. The lowest BCUT2D eigenvalue weighted by Crippen LogP contribution is -2.49. The molecule has 0 radical (unpaired) electrons. The molecule has 42 heavy (non-hydrogen) atoms. The van der Waals surface area contributed by atoms with Crippen molar-refractivity contribution < 1.29 is 32.3 Å². The minimum Gasteiger partial charge on any atom is -0.483 e. The summed E-state index contributed by atoms with van der Waals surface area (Å²) in [6.07, 6.45) is 2.78. The van der Waals surface area contributed by atoms with Gasteiger partial charge < -0.3 is 24.8 Å². The Morgan fingerprint density at radius 2 is 1.83 bits per heavy atom. The van der Waals surface area contributed by atoms with Gasteiger partial charge in [-0.15, -0.1) is 0 Å². The zero-order valence-electron chi connectivity index (χ0n) is 22.4. The molecule has 0 unspecified atom stereocenters. The zero-order chi connectivity index (χ0) is 29.6. The van der Waals surface area contributed by atoms with E-state index in [9.17, 15) is 32.3 Å². The van der Waals surface area contributed by atoms with E-state index >= 15 is 0 Å². The number of nitrogens with zero attached hydrogens (tertiary/aromatic N) is 2. The molecule has 6 rings (SSSR count). The quantitative estimate of drug-likeness (QED) is 0.466. The average molecular weight is 581 g/mol. The number of rotatable bonds is 6. The monoisotopic (exact) mass is 580 g/mol. The number of halogens is 3. The first-order valence-corrected chi connectivity index (χ1v) is 13.6. The molecule has 3 aliphatic heterocycles. The number of amides is 3. The van der Waals surface area contributed by atoms with Crippen LogP contribution in [0.2, 0.25) is 0 Å². The molecule has 3 aromatic rings. The molecule has 3 aliphatic rings. The van der Waals surface area contributed by atoms with Gasteiger partial charge in [-0.25, -0.2) is 13.2 Å². The van der Waals surface area contributed by atoms with Crippen molar-refractivity contribution in [3.8, 4) is 5.75 Å². The van der Waals surface area contributed by atoms with Crippen molar-refractivity contribution in [3.63, 3.8) is 0 Å². The number of aromatic nitrogens is 1. The molecule has 9 nitrogen and oxygen atoms in total. The Morgan fingerprint density at radius 1 is 1.10 bits per heavy atom. The van der Waals surface area contributed by atoms with Gasteiger partial charge >= 0.3 is 0 Å². The van der Waals surface area contributed by atoms with E-state index in [1.165, 1.54) is 6.20 Å². The maximum absolute atomic E-state index is 14.2. The first-order valence-electron chi connectivity index (χ1n) is 13.6. The molecule has 0 aliphatic carbocycles. The fourth-order valence-electron chi connectivity index (χ4n) is 6.22. The van der Waals surface area contributed by atoms with E-state index < -0.39 is 63.8 Å². The summed E-state index contributed by atoms with van der Waals surface area (Å²) in [6, 6.07) is 9.49. The maximum atomic E-state index is 14.2. The number of carbonyl (C=O) groups excluding carboxylic acids is 3. The summed E-state index contributed by atoms with van der Waals surface area (Å²) in [5.74, 6) is -5.31. The number of ether oxygens (including phenoxy) is 1. The molecule has 2 fully saturated rings. The summed E-state index contributed by atoms with van der Waals surface area (Å²) in [6.45, 7) is 0.360. The first kappa shape index (κ1) is 27.6. The van der Waals surface area contributed by atoms with Gasteiger partial charge in [0.2, 0.25) is 11.3 Å². The van der Waals surface area contributed by atoms with Crippen molar-refractivity contribution in [2.75, 3.05) is 19.6 Å². The Labute approximate surface area is 238 Å². The minimum atomic E-state index is -1.19. The molecule has 1 spiro atoms. The Hall–Kier alpha value is -4.61. The van der Waals surface area contributed by atoms with Crippen molar-refractivity contribution in [2.45, 2.75) is 38.5 Å². The Balaban J connectivity index is 1.44. The van der Waals surface area contributed by atoms with Crippen molar-refractivity contribution >= 4 is 17.7 Å². The number of hydrogen-bond donors (Lipinski definition) is 2. The lowest BCUT2D eigenvalue weighted by Gasteiger charge is -2.42. The summed E-state index contributed by atoms with van der Waals surface area (Å²) >= 11 is 0. The smallest absolute Gasteiger partial charge is 0.274 e. The number of hydrogen-bond acceptors (Lipinski definition) is 5. The highest BCUT2D eigenvalue weighted by molar-refractivity contribution is 5.99. The minimum absolute atomic E-state index is 0.0139. The van der Waals surface area contributed by atoms with Crippen molar-refractivity contribution in [1.82, 2.24) is 20.1 Å². The molecule has 2 bridgehead atoms.